The van der Waals surface area contributed by atoms with Crippen LogP contribution in [0.3, 0.4) is 0 Å². The van der Waals surface area contributed by atoms with E-state index in [4.69, 9.17) is 5.26 Å². The summed E-state index contributed by atoms with van der Waals surface area (Å²) in [6.07, 6.45) is 1.79. The number of rotatable bonds is 3. The SMILES string of the molecule is CC(C)=CCNC(=O)C(=O)NCC#N. The van der Waals surface area contributed by atoms with E-state index in [1.165, 1.54) is 0 Å². The normalized spacial score (nSPS) is 8.36. The first kappa shape index (κ1) is 12.2. The van der Waals surface area contributed by atoms with Crippen LogP contribution in [0.4, 0.5) is 0 Å². The van der Waals surface area contributed by atoms with Gasteiger partial charge in [-0.25, -0.2) is 0 Å². The van der Waals surface area contributed by atoms with Crippen LogP contribution in [0.15, 0.2) is 11.6 Å². The summed E-state index contributed by atoms with van der Waals surface area (Å²) in [5.41, 5.74) is 1.06. The monoisotopic (exact) mass is 195 g/mol. The number of nitrogens with one attached hydrogen (secondary N) is 2. The lowest BCUT2D eigenvalue weighted by molar-refractivity contribution is -0.138. The van der Waals surface area contributed by atoms with Gasteiger partial charge in [-0.15, -0.1) is 0 Å². The average molecular weight is 195 g/mol. The number of carbonyl (C=O) groups is 2. The molecule has 5 heteroatoms. The third-order valence-corrected chi connectivity index (χ3v) is 1.31. The van der Waals surface area contributed by atoms with Gasteiger partial charge in [0.05, 0.1) is 6.07 Å². The standard InChI is InChI=1S/C9H13N3O2/c1-7(2)3-5-11-8(13)9(14)12-6-4-10/h3H,5-6H2,1-2H3,(H,11,13)(H,12,14). The van der Waals surface area contributed by atoms with Gasteiger partial charge in [0.2, 0.25) is 0 Å². The van der Waals surface area contributed by atoms with Crippen molar-refractivity contribution in [2.75, 3.05) is 13.1 Å². The van der Waals surface area contributed by atoms with Crippen molar-refractivity contribution < 1.29 is 9.59 Å². The highest BCUT2D eigenvalue weighted by Gasteiger charge is 2.10. The lowest BCUT2D eigenvalue weighted by atomic mass is 10.3. The second kappa shape index (κ2) is 6.66. The second-order valence-electron chi connectivity index (χ2n) is 2.83. The van der Waals surface area contributed by atoms with Crippen molar-refractivity contribution in [1.82, 2.24) is 10.6 Å². The largest absolute Gasteiger partial charge is 0.344 e. The van der Waals surface area contributed by atoms with Gasteiger partial charge >= 0.3 is 11.8 Å². The first-order valence-electron chi connectivity index (χ1n) is 4.14. The van der Waals surface area contributed by atoms with E-state index >= 15 is 0 Å². The molecule has 0 aliphatic rings. The molecule has 5 nitrogen and oxygen atoms in total. The van der Waals surface area contributed by atoms with Crippen LogP contribution in [0.2, 0.25) is 0 Å². The molecule has 0 spiro atoms. The molecule has 0 saturated carbocycles. The number of amides is 2. The van der Waals surface area contributed by atoms with E-state index in [2.05, 4.69) is 10.6 Å². The molecule has 0 atom stereocenters. The fraction of sp³-hybridized carbons (Fsp3) is 0.444. The minimum Gasteiger partial charge on any atom is -0.344 e. The van der Waals surface area contributed by atoms with Crippen LogP contribution in [0.5, 0.6) is 0 Å². The van der Waals surface area contributed by atoms with Crippen molar-refractivity contribution in [2.45, 2.75) is 13.8 Å². The van der Waals surface area contributed by atoms with E-state index in [-0.39, 0.29) is 6.54 Å². The zero-order valence-corrected chi connectivity index (χ0v) is 8.26. The average Bonchev–Trinajstić information content (AvgIpc) is 2.13. The third-order valence-electron chi connectivity index (χ3n) is 1.31. The Hall–Kier alpha value is -1.83. The Morgan fingerprint density at radius 3 is 2.36 bits per heavy atom. The van der Waals surface area contributed by atoms with Gasteiger partial charge in [-0.1, -0.05) is 11.6 Å². The Labute approximate surface area is 82.8 Å². The molecule has 2 amide bonds. The van der Waals surface area contributed by atoms with Gasteiger partial charge in [0.15, 0.2) is 0 Å². The maximum absolute atomic E-state index is 11.0. The summed E-state index contributed by atoms with van der Waals surface area (Å²) in [5, 5.41) is 12.7. The van der Waals surface area contributed by atoms with Crippen LogP contribution < -0.4 is 10.6 Å². The van der Waals surface area contributed by atoms with E-state index in [0.717, 1.165) is 5.57 Å². The Morgan fingerprint density at radius 2 is 1.86 bits per heavy atom. The van der Waals surface area contributed by atoms with Crippen LogP contribution in [0.1, 0.15) is 13.8 Å². The van der Waals surface area contributed by atoms with Crippen LogP contribution in [-0.4, -0.2) is 24.9 Å². The van der Waals surface area contributed by atoms with E-state index in [9.17, 15) is 9.59 Å². The van der Waals surface area contributed by atoms with Gasteiger partial charge < -0.3 is 10.6 Å². The number of allylic oxidation sites excluding steroid dienone is 1. The summed E-state index contributed by atoms with van der Waals surface area (Å²) in [4.78, 5) is 21.9. The number of nitrogens with zero attached hydrogens (tertiary/aromatic N) is 1. The van der Waals surface area contributed by atoms with E-state index < -0.39 is 11.8 Å². The molecule has 0 aliphatic heterocycles. The van der Waals surface area contributed by atoms with Crippen molar-refractivity contribution in [3.8, 4) is 6.07 Å². The minimum atomic E-state index is -0.784. The summed E-state index contributed by atoms with van der Waals surface area (Å²) in [7, 11) is 0. The lowest BCUT2D eigenvalue weighted by Gasteiger charge is -2.01. The molecule has 0 aromatic rings. The Morgan fingerprint density at radius 1 is 1.29 bits per heavy atom. The van der Waals surface area contributed by atoms with E-state index in [0.29, 0.717) is 6.54 Å². The molecular weight excluding hydrogens is 182 g/mol. The van der Waals surface area contributed by atoms with Gasteiger partial charge in [0, 0.05) is 6.54 Å². The number of hydrogen-bond acceptors (Lipinski definition) is 3. The first-order chi connectivity index (χ1) is 6.57. The van der Waals surface area contributed by atoms with Gasteiger partial charge in [-0.3, -0.25) is 9.59 Å². The van der Waals surface area contributed by atoms with Crippen molar-refractivity contribution in [3.05, 3.63) is 11.6 Å². The van der Waals surface area contributed by atoms with E-state index in [1.54, 1.807) is 12.1 Å². The maximum atomic E-state index is 11.0. The maximum Gasteiger partial charge on any atom is 0.310 e. The fourth-order valence-corrected chi connectivity index (χ4v) is 0.628. The van der Waals surface area contributed by atoms with Gasteiger partial charge in [0.25, 0.3) is 0 Å². The second-order valence-corrected chi connectivity index (χ2v) is 2.83. The number of hydrogen-bond donors (Lipinski definition) is 2. The molecule has 76 valence electrons. The van der Waals surface area contributed by atoms with E-state index in [1.807, 2.05) is 13.8 Å². The molecule has 0 fully saturated rings. The molecular formula is C9H13N3O2. The van der Waals surface area contributed by atoms with Crippen LogP contribution in [0.25, 0.3) is 0 Å². The van der Waals surface area contributed by atoms with Crippen molar-refractivity contribution in [3.63, 3.8) is 0 Å². The number of nitriles is 1. The molecule has 0 bridgehead atoms. The Kier molecular flexibility index (Phi) is 5.79. The molecule has 0 saturated heterocycles. The van der Waals surface area contributed by atoms with Crippen molar-refractivity contribution in [2.24, 2.45) is 0 Å². The molecule has 0 aromatic heterocycles. The van der Waals surface area contributed by atoms with Crippen LogP contribution in [0, 0.1) is 11.3 Å². The van der Waals surface area contributed by atoms with Crippen LogP contribution in [-0.2, 0) is 9.59 Å². The van der Waals surface area contributed by atoms with Gasteiger partial charge in [0.1, 0.15) is 6.54 Å². The van der Waals surface area contributed by atoms with Gasteiger partial charge in [-0.05, 0) is 13.8 Å². The lowest BCUT2D eigenvalue weighted by Crippen LogP contribution is -2.40. The topological polar surface area (TPSA) is 82.0 Å². The quantitative estimate of drug-likeness (QED) is 0.369. The smallest absolute Gasteiger partial charge is 0.310 e. The Bertz CT molecular complexity index is 285. The Balaban J connectivity index is 3.80. The highest BCUT2D eigenvalue weighted by molar-refractivity contribution is 6.35. The molecule has 0 unspecified atom stereocenters. The van der Waals surface area contributed by atoms with Crippen molar-refractivity contribution >= 4 is 11.8 Å². The molecule has 0 radical (unpaired) electrons. The zero-order valence-electron chi connectivity index (χ0n) is 8.26. The predicted molar refractivity (Wildman–Crippen MR) is 51.1 cm³/mol. The summed E-state index contributed by atoms with van der Waals surface area (Å²) in [5.74, 6) is -1.51. The zero-order chi connectivity index (χ0) is 11.0. The first-order valence-corrected chi connectivity index (χ1v) is 4.14. The highest BCUT2D eigenvalue weighted by Crippen LogP contribution is 1.84. The summed E-state index contributed by atoms with van der Waals surface area (Å²) < 4.78 is 0. The predicted octanol–water partition coefficient (Wildman–Crippen LogP) is -0.291. The molecule has 0 rings (SSSR count). The summed E-state index contributed by atoms with van der Waals surface area (Å²) >= 11 is 0. The molecule has 2 N–H and O–H groups in total. The molecule has 0 heterocycles. The summed E-state index contributed by atoms with van der Waals surface area (Å²) in [6, 6.07) is 1.70. The molecule has 0 aliphatic carbocycles. The fourth-order valence-electron chi connectivity index (χ4n) is 0.628. The third kappa shape index (κ3) is 5.77. The molecule has 14 heavy (non-hydrogen) atoms. The van der Waals surface area contributed by atoms with Crippen molar-refractivity contribution in [1.29, 1.82) is 5.26 Å². The highest BCUT2D eigenvalue weighted by atomic mass is 16.2. The summed E-state index contributed by atoms with van der Waals surface area (Å²) in [6.45, 7) is 3.94. The minimum absolute atomic E-state index is 0.158. The van der Waals surface area contributed by atoms with Crippen LogP contribution >= 0.6 is 0 Å². The van der Waals surface area contributed by atoms with Gasteiger partial charge in [-0.2, -0.15) is 5.26 Å². The molecule has 0 aromatic carbocycles. The number of carbonyl (C=O) groups excluding carboxylic acids is 2.